The third-order valence-electron chi connectivity index (χ3n) is 2.50. The van der Waals surface area contributed by atoms with Crippen LogP contribution >= 0.6 is 0 Å². The number of hydrogen-bond donors (Lipinski definition) is 2. The predicted octanol–water partition coefficient (Wildman–Crippen LogP) is 0.470. The summed E-state index contributed by atoms with van der Waals surface area (Å²) in [5.74, 6) is -0.934. The van der Waals surface area contributed by atoms with Crippen LogP contribution in [0.4, 0.5) is 0 Å². The molecule has 2 N–H and O–H groups in total. The van der Waals surface area contributed by atoms with E-state index < -0.39 is 17.9 Å². The molecule has 0 saturated carbocycles. The van der Waals surface area contributed by atoms with Crippen LogP contribution in [0.2, 0.25) is 0 Å². The largest absolute Gasteiger partial charge is 0.480 e. The summed E-state index contributed by atoms with van der Waals surface area (Å²) in [7, 11) is 0. The molecular weight excluding hydrogens is 248 g/mol. The Morgan fingerprint density at radius 3 is 2.74 bits per heavy atom. The molecule has 2 heterocycles. The molecule has 19 heavy (non-hydrogen) atoms. The number of aromatic nitrogens is 3. The number of carbonyl (C=O) groups excluding carboxylic acids is 1. The Kier molecular flexibility index (Phi) is 3.56. The van der Waals surface area contributed by atoms with E-state index in [4.69, 9.17) is 5.11 Å². The molecule has 0 spiro atoms. The van der Waals surface area contributed by atoms with Crippen LogP contribution in [0, 0.1) is 0 Å². The Bertz CT molecular complexity index is 578. The Balaban J connectivity index is 2.10. The van der Waals surface area contributed by atoms with Gasteiger partial charge in [-0.15, -0.1) is 0 Å². The molecule has 1 unspecified atom stereocenters. The minimum Gasteiger partial charge on any atom is -0.480 e. The number of imidazole rings is 1. The van der Waals surface area contributed by atoms with E-state index in [1.807, 2.05) is 0 Å². The van der Waals surface area contributed by atoms with Gasteiger partial charge in [0, 0.05) is 18.6 Å². The van der Waals surface area contributed by atoms with Gasteiger partial charge in [-0.2, -0.15) is 0 Å². The molecule has 7 heteroatoms. The second kappa shape index (κ2) is 5.30. The van der Waals surface area contributed by atoms with Crippen molar-refractivity contribution in [1.82, 2.24) is 19.9 Å². The molecule has 0 aromatic carbocycles. The molecule has 7 nitrogen and oxygen atoms in total. The van der Waals surface area contributed by atoms with Gasteiger partial charge >= 0.3 is 5.97 Å². The van der Waals surface area contributed by atoms with Gasteiger partial charge in [-0.3, -0.25) is 14.2 Å². The van der Waals surface area contributed by atoms with Crippen LogP contribution in [0.15, 0.2) is 37.1 Å². The fourth-order valence-corrected chi connectivity index (χ4v) is 1.41. The second-order valence-corrected chi connectivity index (χ2v) is 3.91. The molecule has 2 aromatic rings. The Morgan fingerprint density at radius 2 is 2.21 bits per heavy atom. The van der Waals surface area contributed by atoms with E-state index in [0.717, 1.165) is 0 Å². The first-order chi connectivity index (χ1) is 9.08. The number of carboxylic acid groups (broad SMARTS) is 1. The van der Waals surface area contributed by atoms with E-state index >= 15 is 0 Å². The Labute approximate surface area is 108 Å². The van der Waals surface area contributed by atoms with Crippen molar-refractivity contribution in [2.75, 3.05) is 0 Å². The first kappa shape index (κ1) is 12.7. The van der Waals surface area contributed by atoms with Gasteiger partial charge in [0.05, 0.1) is 5.56 Å². The smallest absolute Gasteiger partial charge is 0.325 e. The zero-order valence-corrected chi connectivity index (χ0v) is 10.1. The molecular formula is C12H12N4O3. The molecule has 2 rings (SSSR count). The summed E-state index contributed by atoms with van der Waals surface area (Å²) in [6.07, 6.45) is 6.33. The van der Waals surface area contributed by atoms with Gasteiger partial charge in [-0.1, -0.05) is 0 Å². The first-order valence-electron chi connectivity index (χ1n) is 5.56. The zero-order valence-electron chi connectivity index (χ0n) is 10.1. The van der Waals surface area contributed by atoms with Crippen LogP contribution in [0.1, 0.15) is 17.3 Å². The lowest BCUT2D eigenvalue weighted by atomic mass is 10.2. The second-order valence-electron chi connectivity index (χ2n) is 3.91. The lowest BCUT2D eigenvalue weighted by Crippen LogP contribution is -2.38. The van der Waals surface area contributed by atoms with Gasteiger partial charge in [0.25, 0.3) is 5.91 Å². The zero-order chi connectivity index (χ0) is 13.8. The van der Waals surface area contributed by atoms with Gasteiger partial charge in [0.15, 0.2) is 0 Å². The highest BCUT2D eigenvalue weighted by Gasteiger charge is 2.15. The van der Waals surface area contributed by atoms with E-state index in [2.05, 4.69) is 15.3 Å². The van der Waals surface area contributed by atoms with Gasteiger partial charge in [0.2, 0.25) is 0 Å². The summed E-state index contributed by atoms with van der Waals surface area (Å²) in [4.78, 5) is 30.4. The number of aliphatic carboxylic acids is 1. The van der Waals surface area contributed by atoms with E-state index in [0.29, 0.717) is 11.4 Å². The lowest BCUT2D eigenvalue weighted by Gasteiger charge is -2.09. The average Bonchev–Trinajstić information content (AvgIpc) is 2.92. The van der Waals surface area contributed by atoms with Crippen LogP contribution in [-0.2, 0) is 4.79 Å². The molecule has 0 radical (unpaired) electrons. The molecule has 0 aliphatic carbocycles. The maximum atomic E-state index is 11.7. The topological polar surface area (TPSA) is 97.1 Å². The van der Waals surface area contributed by atoms with E-state index in [1.54, 1.807) is 35.4 Å². The summed E-state index contributed by atoms with van der Waals surface area (Å²) >= 11 is 0. The Hall–Kier alpha value is -2.70. The van der Waals surface area contributed by atoms with Crippen molar-refractivity contribution in [2.45, 2.75) is 13.0 Å². The number of rotatable bonds is 4. The third-order valence-corrected chi connectivity index (χ3v) is 2.50. The molecule has 0 bridgehead atoms. The van der Waals surface area contributed by atoms with Gasteiger partial charge < -0.3 is 10.4 Å². The van der Waals surface area contributed by atoms with E-state index in [9.17, 15) is 9.59 Å². The summed E-state index contributed by atoms with van der Waals surface area (Å²) in [5, 5.41) is 11.1. The minimum atomic E-state index is -1.09. The monoisotopic (exact) mass is 260 g/mol. The van der Waals surface area contributed by atoms with Gasteiger partial charge in [-0.05, 0) is 19.1 Å². The number of nitrogens with one attached hydrogen (secondary N) is 1. The standard InChI is InChI=1S/C12H12N4O3/c1-8(12(18)19)15-11(17)9-2-3-10(14-6-9)16-5-4-13-7-16/h2-8H,1H3,(H,15,17)(H,18,19). The SMILES string of the molecule is CC(NC(=O)c1ccc(-n2ccnc2)nc1)C(=O)O. The fourth-order valence-electron chi connectivity index (χ4n) is 1.41. The lowest BCUT2D eigenvalue weighted by molar-refractivity contribution is -0.138. The Morgan fingerprint density at radius 1 is 1.42 bits per heavy atom. The van der Waals surface area contributed by atoms with Gasteiger partial charge in [-0.25, -0.2) is 9.97 Å². The van der Waals surface area contributed by atoms with Crippen LogP contribution in [0.25, 0.3) is 5.82 Å². The van der Waals surface area contributed by atoms with Crippen molar-refractivity contribution in [3.63, 3.8) is 0 Å². The fraction of sp³-hybridized carbons (Fsp3) is 0.167. The molecule has 0 aliphatic rings. The highest BCUT2D eigenvalue weighted by Crippen LogP contribution is 2.05. The molecule has 98 valence electrons. The molecule has 0 fully saturated rings. The number of carbonyl (C=O) groups is 2. The van der Waals surface area contributed by atoms with Crippen molar-refractivity contribution < 1.29 is 14.7 Å². The van der Waals surface area contributed by atoms with Crippen LogP contribution in [0.3, 0.4) is 0 Å². The molecule has 0 saturated heterocycles. The number of pyridine rings is 1. The minimum absolute atomic E-state index is 0.303. The van der Waals surface area contributed by atoms with Crippen molar-refractivity contribution in [2.24, 2.45) is 0 Å². The third kappa shape index (κ3) is 2.95. The van der Waals surface area contributed by atoms with Crippen molar-refractivity contribution >= 4 is 11.9 Å². The number of hydrogen-bond acceptors (Lipinski definition) is 4. The quantitative estimate of drug-likeness (QED) is 0.832. The maximum absolute atomic E-state index is 11.7. The number of carboxylic acids is 1. The first-order valence-corrected chi connectivity index (χ1v) is 5.56. The average molecular weight is 260 g/mol. The summed E-state index contributed by atoms with van der Waals surface area (Å²) < 4.78 is 1.70. The molecule has 0 aliphatic heterocycles. The van der Waals surface area contributed by atoms with Crippen LogP contribution in [0.5, 0.6) is 0 Å². The maximum Gasteiger partial charge on any atom is 0.325 e. The van der Waals surface area contributed by atoms with Crippen molar-refractivity contribution in [3.8, 4) is 5.82 Å². The molecule has 1 amide bonds. The number of amides is 1. The van der Waals surface area contributed by atoms with E-state index in [-0.39, 0.29) is 0 Å². The highest BCUT2D eigenvalue weighted by atomic mass is 16.4. The summed E-state index contributed by atoms with van der Waals surface area (Å²) in [6, 6.07) is 2.29. The predicted molar refractivity (Wildman–Crippen MR) is 65.9 cm³/mol. The molecule has 2 aromatic heterocycles. The van der Waals surface area contributed by atoms with Crippen LogP contribution < -0.4 is 5.32 Å². The summed E-state index contributed by atoms with van der Waals surface area (Å²) in [6.45, 7) is 1.40. The van der Waals surface area contributed by atoms with Crippen molar-refractivity contribution in [3.05, 3.63) is 42.6 Å². The molecule has 1 atom stereocenters. The van der Waals surface area contributed by atoms with Crippen LogP contribution in [-0.4, -0.2) is 37.6 Å². The van der Waals surface area contributed by atoms with Crippen molar-refractivity contribution in [1.29, 1.82) is 0 Å². The normalized spacial score (nSPS) is 11.8. The van der Waals surface area contributed by atoms with Gasteiger partial charge in [0.1, 0.15) is 18.2 Å². The highest BCUT2D eigenvalue weighted by molar-refractivity contribution is 5.96. The number of nitrogens with zero attached hydrogens (tertiary/aromatic N) is 3. The van der Waals surface area contributed by atoms with E-state index in [1.165, 1.54) is 13.1 Å². The summed E-state index contributed by atoms with van der Waals surface area (Å²) in [5.41, 5.74) is 0.303.